The van der Waals surface area contributed by atoms with Crippen LogP contribution in [-0.4, -0.2) is 80.8 Å². The Balaban J connectivity index is 3.26. The molecule has 1 rings (SSSR count). The van der Waals surface area contributed by atoms with E-state index in [1.54, 1.807) is 0 Å². The van der Waals surface area contributed by atoms with Gasteiger partial charge in [-0.2, -0.15) is 0 Å². The Morgan fingerprint density at radius 1 is 0.897 bits per heavy atom. The normalized spacial score (nSPS) is 26.0. The minimum atomic E-state index is -1.31. The van der Waals surface area contributed by atoms with Crippen LogP contribution in [0.3, 0.4) is 0 Å². The first kappa shape index (κ1) is 24.3. The van der Waals surface area contributed by atoms with Gasteiger partial charge in [-0.15, -0.1) is 0 Å². The SMILES string of the molecule is COC(=O)COC1OC(COC(C)=O)C(OC(C)=O)C(OC(C)=O)C1NC(C)=O. The average Bonchev–Trinajstić information content (AvgIpc) is 2.60. The zero-order chi connectivity index (χ0) is 22.1. The van der Waals surface area contributed by atoms with Gasteiger partial charge in [0.1, 0.15) is 25.4 Å². The molecule has 164 valence electrons. The molecule has 12 nitrogen and oxygen atoms in total. The number of methoxy groups -OCH3 is 1. The van der Waals surface area contributed by atoms with Crippen molar-refractivity contribution in [3.8, 4) is 0 Å². The highest BCUT2D eigenvalue weighted by Gasteiger charge is 2.51. The molecule has 0 aliphatic carbocycles. The summed E-state index contributed by atoms with van der Waals surface area (Å²) in [6, 6.07) is -1.14. The smallest absolute Gasteiger partial charge is 0.331 e. The minimum Gasteiger partial charge on any atom is -0.467 e. The predicted octanol–water partition coefficient (Wildman–Crippen LogP) is -1.17. The van der Waals surface area contributed by atoms with Crippen LogP contribution < -0.4 is 5.32 Å². The first-order valence-electron chi connectivity index (χ1n) is 8.64. The number of esters is 4. The maximum Gasteiger partial charge on any atom is 0.331 e. The lowest BCUT2D eigenvalue weighted by atomic mass is 9.96. The summed E-state index contributed by atoms with van der Waals surface area (Å²) >= 11 is 0. The van der Waals surface area contributed by atoms with Gasteiger partial charge in [0, 0.05) is 27.7 Å². The second-order valence-electron chi connectivity index (χ2n) is 6.11. The van der Waals surface area contributed by atoms with Crippen molar-refractivity contribution in [1.29, 1.82) is 0 Å². The van der Waals surface area contributed by atoms with E-state index in [9.17, 15) is 24.0 Å². The summed E-state index contributed by atoms with van der Waals surface area (Å²) in [5, 5.41) is 2.50. The van der Waals surface area contributed by atoms with E-state index in [2.05, 4.69) is 10.1 Å². The molecule has 0 aromatic rings. The van der Waals surface area contributed by atoms with Crippen molar-refractivity contribution in [2.45, 2.75) is 58.3 Å². The molecular formula is C17H25NO11. The van der Waals surface area contributed by atoms with Crippen LogP contribution in [0.5, 0.6) is 0 Å². The Kier molecular flexibility index (Phi) is 9.48. The van der Waals surface area contributed by atoms with Gasteiger partial charge in [-0.25, -0.2) is 4.79 Å². The second-order valence-corrected chi connectivity index (χ2v) is 6.11. The lowest BCUT2D eigenvalue weighted by Gasteiger charge is -2.44. The third kappa shape index (κ3) is 8.03. The van der Waals surface area contributed by atoms with Gasteiger partial charge in [-0.3, -0.25) is 19.2 Å². The zero-order valence-electron chi connectivity index (χ0n) is 16.8. The Labute approximate surface area is 167 Å². The summed E-state index contributed by atoms with van der Waals surface area (Å²) in [7, 11) is 1.15. The molecule has 0 spiro atoms. The van der Waals surface area contributed by atoms with Gasteiger partial charge >= 0.3 is 23.9 Å². The van der Waals surface area contributed by atoms with E-state index in [1.807, 2.05) is 0 Å². The molecule has 1 saturated heterocycles. The molecule has 5 unspecified atom stereocenters. The summed E-state index contributed by atoms with van der Waals surface area (Å²) in [5.74, 6) is -3.34. The van der Waals surface area contributed by atoms with Crippen LogP contribution in [-0.2, 0) is 52.4 Å². The van der Waals surface area contributed by atoms with E-state index in [0.29, 0.717) is 0 Å². The van der Waals surface area contributed by atoms with Gasteiger partial charge in [0.2, 0.25) is 5.91 Å². The number of ether oxygens (including phenoxy) is 6. The molecule has 1 aliphatic heterocycles. The average molecular weight is 419 g/mol. The fourth-order valence-corrected chi connectivity index (χ4v) is 2.64. The molecule has 1 aliphatic rings. The Morgan fingerprint density at radius 3 is 1.97 bits per heavy atom. The largest absolute Gasteiger partial charge is 0.467 e. The first-order valence-corrected chi connectivity index (χ1v) is 8.64. The summed E-state index contributed by atoms with van der Waals surface area (Å²) in [6.45, 7) is 3.71. The lowest BCUT2D eigenvalue weighted by Crippen LogP contribution is -2.66. The standard InChI is InChI=1S/C17H25NO11/c1-8(19)18-14-16(28-11(4)22)15(27-10(3)21)12(6-25-9(2)20)29-17(14)26-7-13(23)24-5/h12,14-17H,6-7H2,1-5H3,(H,18,19). The quantitative estimate of drug-likeness (QED) is 0.374. The molecule has 0 radical (unpaired) electrons. The Hall–Kier alpha value is -2.73. The molecule has 1 fully saturated rings. The molecule has 0 aromatic heterocycles. The van der Waals surface area contributed by atoms with Crippen LogP contribution in [0.2, 0.25) is 0 Å². The Morgan fingerprint density at radius 2 is 1.48 bits per heavy atom. The Bertz CT molecular complexity index is 635. The van der Waals surface area contributed by atoms with Gasteiger partial charge in [0.25, 0.3) is 0 Å². The molecule has 0 saturated carbocycles. The maximum atomic E-state index is 11.7. The third-order valence-corrected chi connectivity index (χ3v) is 3.66. The summed E-state index contributed by atoms with van der Waals surface area (Å²) in [4.78, 5) is 57.5. The van der Waals surface area contributed by atoms with Gasteiger partial charge in [-0.05, 0) is 0 Å². The lowest BCUT2D eigenvalue weighted by molar-refractivity contribution is -0.277. The number of carbonyl (C=O) groups excluding carboxylic acids is 5. The first-order chi connectivity index (χ1) is 13.5. The van der Waals surface area contributed by atoms with Crippen LogP contribution >= 0.6 is 0 Å². The van der Waals surface area contributed by atoms with Gasteiger partial charge in [0.05, 0.1) is 7.11 Å². The summed E-state index contributed by atoms with van der Waals surface area (Å²) in [6.07, 6.45) is -4.91. The van der Waals surface area contributed by atoms with E-state index < -0.39 is 67.0 Å². The number of hydrogen-bond donors (Lipinski definition) is 1. The molecular weight excluding hydrogens is 394 g/mol. The molecule has 1 amide bonds. The number of rotatable bonds is 8. The molecule has 0 aromatic carbocycles. The number of hydrogen-bond acceptors (Lipinski definition) is 11. The van der Waals surface area contributed by atoms with Crippen LogP contribution in [0.1, 0.15) is 27.7 Å². The van der Waals surface area contributed by atoms with Crippen molar-refractivity contribution >= 4 is 29.8 Å². The topological polar surface area (TPSA) is 153 Å². The van der Waals surface area contributed by atoms with Crippen molar-refractivity contribution in [2.24, 2.45) is 0 Å². The maximum absolute atomic E-state index is 11.7. The van der Waals surface area contributed by atoms with E-state index in [4.69, 9.17) is 23.7 Å². The predicted molar refractivity (Wildman–Crippen MR) is 92.0 cm³/mol. The van der Waals surface area contributed by atoms with E-state index >= 15 is 0 Å². The number of amides is 1. The monoisotopic (exact) mass is 419 g/mol. The molecule has 1 heterocycles. The second kappa shape index (κ2) is 11.3. The molecule has 29 heavy (non-hydrogen) atoms. The molecule has 1 N–H and O–H groups in total. The van der Waals surface area contributed by atoms with Gasteiger partial charge in [-0.1, -0.05) is 0 Å². The molecule has 5 atom stereocenters. The van der Waals surface area contributed by atoms with Crippen molar-refractivity contribution < 1.29 is 52.4 Å². The summed E-state index contributed by atoms with van der Waals surface area (Å²) in [5.41, 5.74) is 0. The highest BCUT2D eigenvalue weighted by atomic mass is 16.7. The molecule has 12 heteroatoms. The number of carbonyl (C=O) groups is 5. The highest BCUT2D eigenvalue weighted by Crippen LogP contribution is 2.28. The van der Waals surface area contributed by atoms with Crippen molar-refractivity contribution in [3.63, 3.8) is 0 Å². The third-order valence-electron chi connectivity index (χ3n) is 3.66. The fourth-order valence-electron chi connectivity index (χ4n) is 2.64. The highest BCUT2D eigenvalue weighted by molar-refractivity contribution is 5.74. The van der Waals surface area contributed by atoms with Crippen LogP contribution in [0.15, 0.2) is 0 Å². The van der Waals surface area contributed by atoms with Crippen LogP contribution in [0.4, 0.5) is 0 Å². The van der Waals surface area contributed by atoms with Crippen molar-refractivity contribution in [2.75, 3.05) is 20.3 Å². The minimum absolute atomic E-state index is 0.365. The van der Waals surface area contributed by atoms with E-state index in [-0.39, 0.29) is 6.61 Å². The molecule has 0 bridgehead atoms. The van der Waals surface area contributed by atoms with E-state index in [0.717, 1.165) is 21.0 Å². The van der Waals surface area contributed by atoms with Crippen LogP contribution in [0, 0.1) is 0 Å². The van der Waals surface area contributed by atoms with Crippen LogP contribution in [0.25, 0.3) is 0 Å². The zero-order valence-corrected chi connectivity index (χ0v) is 16.8. The van der Waals surface area contributed by atoms with Crippen molar-refractivity contribution in [3.05, 3.63) is 0 Å². The van der Waals surface area contributed by atoms with E-state index in [1.165, 1.54) is 13.8 Å². The van der Waals surface area contributed by atoms with Gasteiger partial charge in [0.15, 0.2) is 18.5 Å². The number of nitrogens with one attached hydrogen (secondary N) is 1. The van der Waals surface area contributed by atoms with Crippen molar-refractivity contribution in [1.82, 2.24) is 5.32 Å². The summed E-state index contributed by atoms with van der Waals surface area (Å²) < 4.78 is 31.0. The fraction of sp³-hybridized carbons (Fsp3) is 0.706. The van der Waals surface area contributed by atoms with Gasteiger partial charge < -0.3 is 33.7 Å².